The minimum absolute atomic E-state index is 0.0198. The van der Waals surface area contributed by atoms with Crippen molar-refractivity contribution in [2.75, 3.05) is 6.54 Å². The van der Waals surface area contributed by atoms with Gasteiger partial charge in [-0.25, -0.2) is 0 Å². The molecule has 1 aliphatic rings. The second kappa shape index (κ2) is 7.50. The number of hydrogen-bond acceptors (Lipinski definition) is 4. The maximum atomic E-state index is 10.5. The van der Waals surface area contributed by atoms with E-state index in [1.165, 1.54) is 5.06 Å². The first-order valence-corrected chi connectivity index (χ1v) is 6.96. The summed E-state index contributed by atoms with van der Waals surface area (Å²) < 4.78 is 0. The van der Waals surface area contributed by atoms with Gasteiger partial charge in [0, 0.05) is 29.4 Å². The highest BCUT2D eigenvalue weighted by atomic mass is 35.5. The third-order valence-electron chi connectivity index (χ3n) is 3.15. The average molecular weight is 299 g/mol. The molecule has 0 saturated heterocycles. The SMILES string of the molecule is NC(CCN(O)C1CC(Cl)CC(Cl)C1)CC(=O)O. The number of nitrogens with zero attached hydrogens (tertiary/aromatic N) is 1. The van der Waals surface area contributed by atoms with Gasteiger partial charge in [-0.2, -0.15) is 5.06 Å². The lowest BCUT2D eigenvalue weighted by molar-refractivity contribution is -0.140. The summed E-state index contributed by atoms with van der Waals surface area (Å²) >= 11 is 12.1. The number of alkyl halides is 2. The Morgan fingerprint density at radius 3 is 2.39 bits per heavy atom. The van der Waals surface area contributed by atoms with Crippen molar-refractivity contribution in [2.45, 2.75) is 54.9 Å². The molecule has 1 fully saturated rings. The van der Waals surface area contributed by atoms with Gasteiger partial charge in [0.15, 0.2) is 0 Å². The summed E-state index contributed by atoms with van der Waals surface area (Å²) in [5, 5.41) is 19.6. The highest BCUT2D eigenvalue weighted by molar-refractivity contribution is 6.23. The molecule has 1 saturated carbocycles. The molecule has 7 heteroatoms. The fourth-order valence-electron chi connectivity index (χ4n) is 2.21. The van der Waals surface area contributed by atoms with E-state index in [0.29, 0.717) is 25.8 Å². The molecule has 1 aliphatic carbocycles. The maximum Gasteiger partial charge on any atom is 0.304 e. The van der Waals surface area contributed by atoms with E-state index in [4.69, 9.17) is 34.0 Å². The van der Waals surface area contributed by atoms with E-state index in [-0.39, 0.29) is 23.2 Å². The van der Waals surface area contributed by atoms with Gasteiger partial charge in [0.25, 0.3) is 0 Å². The fourth-order valence-corrected chi connectivity index (χ4v) is 3.14. The molecule has 0 heterocycles. The van der Waals surface area contributed by atoms with E-state index >= 15 is 0 Å². The summed E-state index contributed by atoms with van der Waals surface area (Å²) in [6, 6.07) is -0.514. The van der Waals surface area contributed by atoms with E-state index in [1.54, 1.807) is 0 Å². The van der Waals surface area contributed by atoms with Crippen molar-refractivity contribution < 1.29 is 15.1 Å². The first-order chi connectivity index (χ1) is 8.38. The van der Waals surface area contributed by atoms with E-state index in [2.05, 4.69) is 0 Å². The summed E-state index contributed by atoms with van der Waals surface area (Å²) in [6.07, 6.45) is 2.48. The van der Waals surface area contributed by atoms with Crippen LogP contribution in [0.5, 0.6) is 0 Å². The summed E-state index contributed by atoms with van der Waals surface area (Å²) in [7, 11) is 0. The molecule has 0 spiro atoms. The molecule has 3 unspecified atom stereocenters. The third-order valence-corrected chi connectivity index (χ3v) is 3.87. The highest BCUT2D eigenvalue weighted by Crippen LogP contribution is 2.29. The van der Waals surface area contributed by atoms with Crippen LogP contribution in [0.15, 0.2) is 0 Å². The first kappa shape index (κ1) is 16.0. The van der Waals surface area contributed by atoms with Crippen molar-refractivity contribution in [2.24, 2.45) is 5.73 Å². The molecule has 18 heavy (non-hydrogen) atoms. The molecule has 0 bridgehead atoms. The van der Waals surface area contributed by atoms with Gasteiger partial charge in [0.1, 0.15) is 0 Å². The minimum Gasteiger partial charge on any atom is -0.481 e. The number of carboxylic acid groups (broad SMARTS) is 1. The number of carboxylic acids is 1. The molecule has 0 aromatic rings. The molecule has 0 radical (unpaired) electrons. The van der Waals surface area contributed by atoms with Gasteiger partial charge in [-0.15, -0.1) is 23.2 Å². The monoisotopic (exact) mass is 298 g/mol. The van der Waals surface area contributed by atoms with Gasteiger partial charge in [-0.1, -0.05) is 0 Å². The molecule has 1 rings (SSSR count). The quantitative estimate of drug-likeness (QED) is 0.512. The van der Waals surface area contributed by atoms with Crippen molar-refractivity contribution >= 4 is 29.2 Å². The normalized spacial score (nSPS) is 30.4. The molecular formula is C11H20Cl2N2O3. The topological polar surface area (TPSA) is 86.8 Å². The van der Waals surface area contributed by atoms with Crippen molar-refractivity contribution in [1.29, 1.82) is 0 Å². The van der Waals surface area contributed by atoms with Gasteiger partial charge in [0.2, 0.25) is 0 Å². The minimum atomic E-state index is -0.925. The second-order valence-electron chi connectivity index (χ2n) is 4.87. The van der Waals surface area contributed by atoms with Crippen LogP contribution in [0.25, 0.3) is 0 Å². The fraction of sp³-hybridized carbons (Fsp3) is 0.909. The highest BCUT2D eigenvalue weighted by Gasteiger charge is 2.30. The van der Waals surface area contributed by atoms with Crippen LogP contribution in [0.3, 0.4) is 0 Å². The van der Waals surface area contributed by atoms with E-state index in [1.807, 2.05) is 0 Å². The molecule has 0 amide bonds. The zero-order valence-electron chi connectivity index (χ0n) is 10.1. The van der Waals surface area contributed by atoms with Crippen LogP contribution in [0.1, 0.15) is 32.1 Å². The van der Waals surface area contributed by atoms with Gasteiger partial charge < -0.3 is 16.0 Å². The molecule has 5 nitrogen and oxygen atoms in total. The number of carbonyl (C=O) groups is 1. The zero-order chi connectivity index (χ0) is 13.7. The van der Waals surface area contributed by atoms with Crippen molar-refractivity contribution in [3.8, 4) is 0 Å². The van der Waals surface area contributed by atoms with Crippen molar-refractivity contribution in [3.05, 3.63) is 0 Å². The second-order valence-corrected chi connectivity index (χ2v) is 6.10. The predicted octanol–water partition coefficient (Wildman–Crippen LogP) is 1.64. The molecule has 0 aromatic heterocycles. The maximum absolute atomic E-state index is 10.5. The summed E-state index contributed by atoms with van der Waals surface area (Å²) in [6.45, 7) is 0.340. The molecule has 3 atom stereocenters. The smallest absolute Gasteiger partial charge is 0.304 e. The van der Waals surface area contributed by atoms with Gasteiger partial charge in [0.05, 0.1) is 6.42 Å². The van der Waals surface area contributed by atoms with E-state index in [0.717, 1.165) is 6.42 Å². The Balaban J connectivity index is 2.31. The lowest BCUT2D eigenvalue weighted by Crippen LogP contribution is -2.42. The Hall–Kier alpha value is -0.0700. The van der Waals surface area contributed by atoms with Crippen LogP contribution in [0, 0.1) is 0 Å². The third kappa shape index (κ3) is 5.71. The zero-order valence-corrected chi connectivity index (χ0v) is 11.6. The number of nitrogens with two attached hydrogens (primary N) is 1. The van der Waals surface area contributed by atoms with Gasteiger partial charge >= 0.3 is 5.97 Å². The Kier molecular flexibility index (Phi) is 6.66. The van der Waals surface area contributed by atoms with Gasteiger partial charge in [-0.3, -0.25) is 4.79 Å². The number of rotatable bonds is 6. The lowest BCUT2D eigenvalue weighted by atomic mass is 9.94. The molecule has 106 valence electrons. The Bertz CT molecular complexity index is 271. The number of hydroxylamine groups is 2. The lowest BCUT2D eigenvalue weighted by Gasteiger charge is -2.34. The van der Waals surface area contributed by atoms with E-state index < -0.39 is 12.0 Å². The van der Waals surface area contributed by atoms with Gasteiger partial charge in [-0.05, 0) is 25.7 Å². The summed E-state index contributed by atoms with van der Waals surface area (Å²) in [4.78, 5) is 10.5. The Morgan fingerprint density at radius 1 is 1.33 bits per heavy atom. The summed E-state index contributed by atoms with van der Waals surface area (Å²) in [5.74, 6) is -0.925. The standard InChI is InChI=1S/C11H20Cl2N2O3/c12-7-3-8(13)5-10(4-7)15(18)2-1-9(14)6-11(16)17/h7-10,18H,1-6,14H2,(H,16,17). The average Bonchev–Trinajstić information content (AvgIpc) is 2.23. The van der Waals surface area contributed by atoms with E-state index in [9.17, 15) is 10.0 Å². The molecule has 4 N–H and O–H groups in total. The van der Waals surface area contributed by atoms with Crippen LogP contribution in [0.4, 0.5) is 0 Å². The first-order valence-electron chi connectivity index (χ1n) is 6.09. The van der Waals surface area contributed by atoms with Crippen LogP contribution in [0.2, 0.25) is 0 Å². The largest absolute Gasteiger partial charge is 0.481 e. The number of halogens is 2. The van der Waals surface area contributed by atoms with Crippen LogP contribution in [-0.4, -0.2) is 50.7 Å². The summed E-state index contributed by atoms with van der Waals surface area (Å²) in [5.41, 5.74) is 5.64. The molecule has 0 aliphatic heterocycles. The van der Waals surface area contributed by atoms with Crippen LogP contribution < -0.4 is 5.73 Å². The van der Waals surface area contributed by atoms with Crippen LogP contribution >= 0.6 is 23.2 Å². The van der Waals surface area contributed by atoms with Crippen LogP contribution in [-0.2, 0) is 4.79 Å². The Labute approximate surface area is 117 Å². The predicted molar refractivity (Wildman–Crippen MR) is 70.3 cm³/mol. The molecular weight excluding hydrogens is 279 g/mol. The molecule has 0 aromatic carbocycles. The Morgan fingerprint density at radius 2 is 1.89 bits per heavy atom. The van der Waals surface area contributed by atoms with Crippen molar-refractivity contribution in [3.63, 3.8) is 0 Å². The number of hydrogen-bond donors (Lipinski definition) is 3. The number of aliphatic carboxylic acids is 1. The van der Waals surface area contributed by atoms with Crippen molar-refractivity contribution in [1.82, 2.24) is 5.06 Å².